The van der Waals surface area contributed by atoms with E-state index in [0.717, 1.165) is 15.8 Å². The molecule has 3 nitrogen and oxygen atoms in total. The number of rotatable bonds is 5. The molecule has 0 fully saturated rings. The Morgan fingerprint density at radius 1 is 1.47 bits per heavy atom. The van der Waals surface area contributed by atoms with Gasteiger partial charge in [0.15, 0.2) is 0 Å². The van der Waals surface area contributed by atoms with Crippen LogP contribution in [0, 0.1) is 0 Å². The number of ether oxygens (including phenoxy) is 2. The topological polar surface area (TPSA) is 38.7 Å². The average Bonchev–Trinajstić information content (AvgIpc) is 2.26. The van der Waals surface area contributed by atoms with Crippen molar-refractivity contribution in [1.82, 2.24) is 0 Å². The quantitative estimate of drug-likeness (QED) is 0.897. The Bertz CT molecular complexity index is 315. The summed E-state index contributed by atoms with van der Waals surface area (Å²) in [7, 11) is 1.60. The molecule has 1 atom stereocenters. The van der Waals surface area contributed by atoms with Crippen molar-refractivity contribution in [2.75, 3.05) is 20.3 Å². The van der Waals surface area contributed by atoms with Gasteiger partial charge in [-0.2, -0.15) is 0 Å². The van der Waals surface area contributed by atoms with Gasteiger partial charge in [0.1, 0.15) is 11.9 Å². The van der Waals surface area contributed by atoms with Crippen molar-refractivity contribution in [1.29, 1.82) is 0 Å². The average molecular weight is 275 g/mol. The first-order chi connectivity index (χ1) is 7.19. The summed E-state index contributed by atoms with van der Waals surface area (Å²) >= 11 is 3.38. The zero-order chi connectivity index (χ0) is 11.3. The number of halogens is 1. The lowest BCUT2D eigenvalue weighted by atomic mass is 10.1. The second kappa shape index (κ2) is 6.10. The Hall–Kier alpha value is -0.580. The summed E-state index contributed by atoms with van der Waals surface area (Å²) in [6.45, 7) is 2.79. The van der Waals surface area contributed by atoms with Crippen LogP contribution in [0.1, 0.15) is 18.6 Å². The molecule has 0 aromatic heterocycles. The van der Waals surface area contributed by atoms with Gasteiger partial charge in [0, 0.05) is 16.6 Å². The second-order valence-corrected chi connectivity index (χ2v) is 3.92. The van der Waals surface area contributed by atoms with E-state index in [4.69, 9.17) is 9.47 Å². The van der Waals surface area contributed by atoms with Gasteiger partial charge in [-0.1, -0.05) is 15.9 Å². The zero-order valence-corrected chi connectivity index (χ0v) is 10.5. The van der Waals surface area contributed by atoms with Crippen LogP contribution >= 0.6 is 15.9 Å². The van der Waals surface area contributed by atoms with Crippen molar-refractivity contribution in [3.8, 4) is 5.75 Å². The van der Waals surface area contributed by atoms with E-state index in [2.05, 4.69) is 15.9 Å². The summed E-state index contributed by atoms with van der Waals surface area (Å²) in [6, 6.07) is 5.48. The Balaban J connectivity index is 2.81. The predicted octanol–water partition coefficient (Wildman–Crippen LogP) is 2.53. The molecule has 0 radical (unpaired) electrons. The molecule has 0 bridgehead atoms. The van der Waals surface area contributed by atoms with Crippen LogP contribution in [0.5, 0.6) is 5.75 Å². The third kappa shape index (κ3) is 3.48. The summed E-state index contributed by atoms with van der Waals surface area (Å²) in [5.74, 6) is 0.726. The van der Waals surface area contributed by atoms with Crippen molar-refractivity contribution in [2.24, 2.45) is 0 Å². The van der Waals surface area contributed by atoms with Crippen molar-refractivity contribution in [3.63, 3.8) is 0 Å². The van der Waals surface area contributed by atoms with Gasteiger partial charge in [-0.05, 0) is 25.1 Å². The van der Waals surface area contributed by atoms with Crippen LogP contribution in [0.3, 0.4) is 0 Å². The molecule has 4 heteroatoms. The molecule has 0 aliphatic heterocycles. The van der Waals surface area contributed by atoms with E-state index < -0.39 is 6.10 Å². The molecule has 1 aromatic rings. The predicted molar refractivity (Wildman–Crippen MR) is 62.1 cm³/mol. The summed E-state index contributed by atoms with van der Waals surface area (Å²) < 4.78 is 11.1. The van der Waals surface area contributed by atoms with Gasteiger partial charge < -0.3 is 14.6 Å². The van der Waals surface area contributed by atoms with Crippen LogP contribution < -0.4 is 4.74 Å². The first-order valence-corrected chi connectivity index (χ1v) is 5.57. The molecule has 1 unspecified atom stereocenters. The molecule has 1 rings (SSSR count). The molecule has 0 saturated carbocycles. The minimum Gasteiger partial charge on any atom is -0.497 e. The third-order valence-electron chi connectivity index (χ3n) is 2.04. The Kier molecular flexibility index (Phi) is 5.08. The Morgan fingerprint density at radius 2 is 2.20 bits per heavy atom. The van der Waals surface area contributed by atoms with E-state index in [-0.39, 0.29) is 0 Å². The smallest absolute Gasteiger partial charge is 0.119 e. The second-order valence-electron chi connectivity index (χ2n) is 3.06. The Morgan fingerprint density at radius 3 is 2.80 bits per heavy atom. The highest BCUT2D eigenvalue weighted by atomic mass is 79.9. The van der Waals surface area contributed by atoms with Crippen LogP contribution in [0.25, 0.3) is 0 Å². The van der Waals surface area contributed by atoms with Crippen LogP contribution in [0.2, 0.25) is 0 Å². The molecule has 15 heavy (non-hydrogen) atoms. The molecule has 0 heterocycles. The Labute approximate surface area is 98.1 Å². The maximum Gasteiger partial charge on any atom is 0.119 e. The number of aliphatic hydroxyl groups excluding tert-OH is 1. The maximum atomic E-state index is 9.84. The molecule has 0 saturated heterocycles. The van der Waals surface area contributed by atoms with Gasteiger partial charge in [0.25, 0.3) is 0 Å². The summed E-state index contributed by atoms with van der Waals surface area (Å²) in [4.78, 5) is 0. The molecular formula is C11H15BrO3. The van der Waals surface area contributed by atoms with Crippen LogP contribution in [0.15, 0.2) is 22.7 Å². The van der Waals surface area contributed by atoms with Crippen molar-refractivity contribution in [2.45, 2.75) is 13.0 Å². The van der Waals surface area contributed by atoms with Crippen LogP contribution in [-0.2, 0) is 4.74 Å². The first-order valence-electron chi connectivity index (χ1n) is 4.78. The third-order valence-corrected chi connectivity index (χ3v) is 2.76. The molecule has 0 spiro atoms. The number of hydrogen-bond acceptors (Lipinski definition) is 3. The van der Waals surface area contributed by atoms with Crippen LogP contribution in [-0.4, -0.2) is 25.4 Å². The molecule has 84 valence electrons. The van der Waals surface area contributed by atoms with E-state index in [9.17, 15) is 5.11 Å². The number of aliphatic hydroxyl groups is 1. The maximum absolute atomic E-state index is 9.84. The molecule has 0 amide bonds. The molecule has 1 aromatic carbocycles. The highest BCUT2D eigenvalue weighted by Gasteiger charge is 2.12. The van der Waals surface area contributed by atoms with Gasteiger partial charge in [0.2, 0.25) is 0 Å². The van der Waals surface area contributed by atoms with Gasteiger partial charge in [0.05, 0.1) is 13.7 Å². The highest BCUT2D eigenvalue weighted by molar-refractivity contribution is 9.10. The lowest BCUT2D eigenvalue weighted by Gasteiger charge is -2.13. The lowest BCUT2D eigenvalue weighted by molar-refractivity contribution is 0.0415. The standard InChI is InChI=1S/C11H15BrO3/c1-3-15-7-11(13)9-6-8(14-2)4-5-10(9)12/h4-6,11,13H,3,7H2,1-2H3. The molecule has 1 N–H and O–H groups in total. The minimum absolute atomic E-state index is 0.294. The van der Waals surface area contributed by atoms with Gasteiger partial charge in [-0.25, -0.2) is 0 Å². The molecule has 0 aliphatic carbocycles. The van der Waals surface area contributed by atoms with Crippen LogP contribution in [0.4, 0.5) is 0 Å². The van der Waals surface area contributed by atoms with E-state index >= 15 is 0 Å². The fraction of sp³-hybridized carbons (Fsp3) is 0.455. The SMILES string of the molecule is CCOCC(O)c1cc(OC)ccc1Br. The normalized spacial score (nSPS) is 12.5. The van der Waals surface area contributed by atoms with E-state index in [1.165, 1.54) is 0 Å². The van der Waals surface area contributed by atoms with Crippen molar-refractivity contribution in [3.05, 3.63) is 28.2 Å². The van der Waals surface area contributed by atoms with Crippen molar-refractivity contribution < 1.29 is 14.6 Å². The lowest BCUT2D eigenvalue weighted by Crippen LogP contribution is -2.07. The number of methoxy groups -OCH3 is 1. The zero-order valence-electron chi connectivity index (χ0n) is 8.87. The summed E-state index contributed by atoms with van der Waals surface area (Å²) in [5.41, 5.74) is 0.780. The molecular weight excluding hydrogens is 260 g/mol. The first kappa shape index (κ1) is 12.5. The van der Waals surface area contributed by atoms with Gasteiger partial charge in [-0.15, -0.1) is 0 Å². The number of benzene rings is 1. The fourth-order valence-electron chi connectivity index (χ4n) is 1.22. The summed E-state index contributed by atoms with van der Waals surface area (Å²) in [6.07, 6.45) is -0.630. The minimum atomic E-state index is -0.630. The largest absolute Gasteiger partial charge is 0.497 e. The summed E-state index contributed by atoms with van der Waals surface area (Å²) in [5, 5.41) is 9.84. The van der Waals surface area contributed by atoms with E-state index in [1.807, 2.05) is 19.1 Å². The monoisotopic (exact) mass is 274 g/mol. The highest BCUT2D eigenvalue weighted by Crippen LogP contribution is 2.27. The van der Waals surface area contributed by atoms with E-state index in [1.54, 1.807) is 13.2 Å². The number of hydrogen-bond donors (Lipinski definition) is 1. The van der Waals surface area contributed by atoms with Gasteiger partial charge >= 0.3 is 0 Å². The van der Waals surface area contributed by atoms with Crippen molar-refractivity contribution >= 4 is 15.9 Å². The van der Waals surface area contributed by atoms with E-state index in [0.29, 0.717) is 13.2 Å². The fourth-order valence-corrected chi connectivity index (χ4v) is 1.73. The van der Waals surface area contributed by atoms with Gasteiger partial charge in [-0.3, -0.25) is 0 Å². The molecule has 0 aliphatic rings.